The first-order valence-corrected chi connectivity index (χ1v) is 11.4. The van der Waals surface area contributed by atoms with Crippen LogP contribution >= 0.6 is 0 Å². The minimum atomic E-state index is -0.355. The predicted octanol–water partition coefficient (Wildman–Crippen LogP) is 3.36. The lowest BCUT2D eigenvalue weighted by atomic mass is 10.1. The van der Waals surface area contributed by atoms with Crippen molar-refractivity contribution < 1.29 is 9.59 Å². The van der Waals surface area contributed by atoms with Crippen molar-refractivity contribution in [2.24, 2.45) is 0 Å². The predicted molar refractivity (Wildman–Crippen MR) is 132 cm³/mol. The van der Waals surface area contributed by atoms with Crippen molar-refractivity contribution in [2.45, 2.75) is 34.2 Å². The maximum Gasteiger partial charge on any atom is 0.294 e. The fraction of sp³-hybridized carbons (Fsp3) is 0.360. The SMILES string of the molecule is CCN(CC)C(=O)c1cccc(NC(=O)Cn2c(=O)c(N(CC)CC)nc3ccccc32)c1. The molecule has 174 valence electrons. The average Bonchev–Trinajstić information content (AvgIpc) is 2.83. The molecule has 8 heteroatoms. The van der Waals surface area contributed by atoms with E-state index in [1.807, 2.05) is 50.8 Å². The van der Waals surface area contributed by atoms with E-state index in [0.29, 0.717) is 54.3 Å². The van der Waals surface area contributed by atoms with Gasteiger partial charge in [-0.15, -0.1) is 0 Å². The zero-order valence-electron chi connectivity index (χ0n) is 19.7. The van der Waals surface area contributed by atoms with Crippen molar-refractivity contribution in [1.82, 2.24) is 14.5 Å². The minimum absolute atomic E-state index is 0.0867. The number of fused-ring (bicyclic) bond motifs is 1. The number of benzene rings is 2. The number of nitrogens with zero attached hydrogens (tertiary/aromatic N) is 4. The number of hydrogen-bond acceptors (Lipinski definition) is 5. The van der Waals surface area contributed by atoms with E-state index < -0.39 is 0 Å². The van der Waals surface area contributed by atoms with Gasteiger partial charge < -0.3 is 15.1 Å². The van der Waals surface area contributed by atoms with Gasteiger partial charge in [-0.2, -0.15) is 0 Å². The summed E-state index contributed by atoms with van der Waals surface area (Å²) in [4.78, 5) is 47.0. The quantitative estimate of drug-likeness (QED) is 0.541. The Morgan fingerprint density at radius 1 is 0.939 bits per heavy atom. The van der Waals surface area contributed by atoms with E-state index in [0.717, 1.165) is 0 Å². The van der Waals surface area contributed by atoms with Crippen molar-refractivity contribution in [3.8, 4) is 0 Å². The van der Waals surface area contributed by atoms with Crippen LogP contribution in [0.4, 0.5) is 11.5 Å². The number of hydrogen-bond donors (Lipinski definition) is 1. The third-order valence-electron chi connectivity index (χ3n) is 5.64. The van der Waals surface area contributed by atoms with E-state index in [1.54, 1.807) is 35.2 Å². The molecule has 0 aliphatic heterocycles. The lowest BCUT2D eigenvalue weighted by Crippen LogP contribution is -2.35. The summed E-state index contributed by atoms with van der Waals surface area (Å²) >= 11 is 0. The standard InChI is InChI=1S/C25H31N5O3/c1-5-28(6-2)23-25(33)30(21-15-10-9-14-20(21)27-23)17-22(31)26-19-13-11-12-18(16-19)24(32)29(7-3)8-4/h9-16H,5-8,17H2,1-4H3,(H,26,31). The van der Waals surface area contributed by atoms with Crippen molar-refractivity contribution in [3.63, 3.8) is 0 Å². The van der Waals surface area contributed by atoms with Crippen LogP contribution in [0.1, 0.15) is 38.1 Å². The highest BCUT2D eigenvalue weighted by Gasteiger charge is 2.18. The van der Waals surface area contributed by atoms with Crippen molar-refractivity contribution in [2.75, 3.05) is 36.4 Å². The zero-order valence-corrected chi connectivity index (χ0v) is 19.7. The maximum atomic E-state index is 13.2. The maximum absolute atomic E-state index is 13.2. The molecule has 0 atom stereocenters. The third kappa shape index (κ3) is 5.22. The van der Waals surface area contributed by atoms with Gasteiger partial charge in [0.05, 0.1) is 11.0 Å². The van der Waals surface area contributed by atoms with Gasteiger partial charge in [0.15, 0.2) is 5.82 Å². The van der Waals surface area contributed by atoms with Gasteiger partial charge in [0.25, 0.3) is 11.5 Å². The first kappa shape index (κ1) is 24.0. The van der Waals surface area contributed by atoms with E-state index in [-0.39, 0.29) is 23.9 Å². The van der Waals surface area contributed by atoms with Gasteiger partial charge in [0.1, 0.15) is 6.54 Å². The molecule has 0 spiro atoms. The fourth-order valence-electron chi connectivity index (χ4n) is 3.83. The monoisotopic (exact) mass is 449 g/mol. The average molecular weight is 450 g/mol. The van der Waals surface area contributed by atoms with Gasteiger partial charge in [-0.3, -0.25) is 19.0 Å². The van der Waals surface area contributed by atoms with Crippen molar-refractivity contribution >= 4 is 34.4 Å². The molecule has 0 unspecified atom stereocenters. The minimum Gasteiger partial charge on any atom is -0.353 e. The van der Waals surface area contributed by atoms with Crippen molar-refractivity contribution in [3.05, 3.63) is 64.4 Å². The Bertz CT molecular complexity index is 1200. The number of carbonyl (C=O) groups excluding carboxylic acids is 2. The Kier molecular flexibility index (Phi) is 7.82. The molecular formula is C25H31N5O3. The summed E-state index contributed by atoms with van der Waals surface area (Å²) in [5.41, 5.74) is 1.95. The van der Waals surface area contributed by atoms with Crippen LogP contribution in [0.2, 0.25) is 0 Å². The summed E-state index contributed by atoms with van der Waals surface area (Å²) in [7, 11) is 0. The summed E-state index contributed by atoms with van der Waals surface area (Å²) in [6.07, 6.45) is 0. The van der Waals surface area contributed by atoms with Gasteiger partial charge in [-0.05, 0) is 58.0 Å². The number of amides is 2. The molecule has 0 saturated heterocycles. The first-order valence-electron chi connectivity index (χ1n) is 11.4. The van der Waals surface area contributed by atoms with Crippen LogP contribution in [0.5, 0.6) is 0 Å². The Labute approximate surface area is 193 Å². The molecule has 1 N–H and O–H groups in total. The third-order valence-corrected chi connectivity index (χ3v) is 5.64. The van der Waals surface area contributed by atoms with Crippen molar-refractivity contribution in [1.29, 1.82) is 0 Å². The molecule has 8 nitrogen and oxygen atoms in total. The molecule has 3 rings (SSSR count). The van der Waals surface area contributed by atoms with E-state index in [1.165, 1.54) is 4.57 Å². The summed E-state index contributed by atoms with van der Waals surface area (Å²) in [5.74, 6) is -0.110. The highest BCUT2D eigenvalue weighted by molar-refractivity contribution is 5.97. The lowest BCUT2D eigenvalue weighted by Gasteiger charge is -2.21. The molecule has 0 aliphatic carbocycles. The number of nitrogens with one attached hydrogen (secondary N) is 1. The van der Waals surface area contributed by atoms with Gasteiger partial charge in [-0.25, -0.2) is 4.98 Å². The molecule has 2 amide bonds. The van der Waals surface area contributed by atoms with E-state index in [4.69, 9.17) is 0 Å². The van der Waals surface area contributed by atoms with Gasteiger partial charge in [-0.1, -0.05) is 18.2 Å². The molecule has 1 heterocycles. The Balaban J connectivity index is 1.90. The zero-order chi connectivity index (χ0) is 24.0. The molecule has 1 aromatic heterocycles. The Morgan fingerprint density at radius 2 is 1.64 bits per heavy atom. The fourth-order valence-corrected chi connectivity index (χ4v) is 3.83. The van der Waals surface area contributed by atoms with Crippen LogP contribution in [0.3, 0.4) is 0 Å². The van der Waals surface area contributed by atoms with Crippen LogP contribution in [0.25, 0.3) is 11.0 Å². The summed E-state index contributed by atoms with van der Waals surface area (Å²) < 4.78 is 1.45. The molecule has 0 radical (unpaired) electrons. The highest BCUT2D eigenvalue weighted by Crippen LogP contribution is 2.16. The highest BCUT2D eigenvalue weighted by atomic mass is 16.2. The topological polar surface area (TPSA) is 87.5 Å². The van der Waals surface area contributed by atoms with Crippen LogP contribution in [-0.4, -0.2) is 52.4 Å². The Morgan fingerprint density at radius 3 is 2.30 bits per heavy atom. The summed E-state index contributed by atoms with van der Waals surface area (Å²) in [5, 5.41) is 2.83. The first-order chi connectivity index (χ1) is 15.9. The van der Waals surface area contributed by atoms with Crippen LogP contribution in [-0.2, 0) is 11.3 Å². The smallest absolute Gasteiger partial charge is 0.294 e. The number of para-hydroxylation sites is 2. The van der Waals surface area contributed by atoms with Gasteiger partial charge >= 0.3 is 0 Å². The second kappa shape index (κ2) is 10.8. The molecule has 33 heavy (non-hydrogen) atoms. The van der Waals surface area contributed by atoms with Crippen LogP contribution in [0, 0.1) is 0 Å². The summed E-state index contributed by atoms with van der Waals surface area (Å²) in [6, 6.07) is 14.1. The molecule has 0 aliphatic rings. The van der Waals surface area contributed by atoms with Gasteiger partial charge in [0, 0.05) is 37.4 Å². The van der Waals surface area contributed by atoms with E-state index >= 15 is 0 Å². The molecule has 0 fully saturated rings. The normalized spacial score (nSPS) is 10.8. The molecule has 0 bridgehead atoms. The Hall–Kier alpha value is -3.68. The number of aromatic nitrogens is 2. The van der Waals surface area contributed by atoms with Crippen LogP contribution in [0.15, 0.2) is 53.3 Å². The van der Waals surface area contributed by atoms with E-state index in [9.17, 15) is 14.4 Å². The molecular weight excluding hydrogens is 418 g/mol. The number of carbonyl (C=O) groups is 2. The van der Waals surface area contributed by atoms with Gasteiger partial charge in [0.2, 0.25) is 5.91 Å². The number of anilines is 2. The largest absolute Gasteiger partial charge is 0.353 e. The molecule has 3 aromatic rings. The second-order valence-electron chi connectivity index (χ2n) is 7.59. The summed E-state index contributed by atoms with van der Waals surface area (Å²) in [6.45, 7) is 10.1. The number of rotatable bonds is 9. The second-order valence-corrected chi connectivity index (χ2v) is 7.59. The molecule has 0 saturated carbocycles. The molecule has 2 aromatic carbocycles. The van der Waals surface area contributed by atoms with Crippen LogP contribution < -0.4 is 15.8 Å². The lowest BCUT2D eigenvalue weighted by molar-refractivity contribution is -0.116. The van der Waals surface area contributed by atoms with E-state index in [2.05, 4.69) is 10.3 Å².